The van der Waals surface area contributed by atoms with Crippen LogP contribution in [-0.4, -0.2) is 47.6 Å². The normalized spacial score (nSPS) is 11.9. The molecule has 5 nitrogen and oxygen atoms in total. The maximum Gasteiger partial charge on any atom is 0.279 e. The second-order valence-corrected chi connectivity index (χ2v) is 6.92. The smallest absolute Gasteiger partial charge is 0.279 e. The lowest BCUT2D eigenvalue weighted by molar-refractivity contribution is -0.118. The number of fused-ring (bicyclic) bond motifs is 1. The van der Waals surface area contributed by atoms with Crippen LogP contribution in [0.15, 0.2) is 60.6 Å². The van der Waals surface area contributed by atoms with Gasteiger partial charge in [0.15, 0.2) is 5.83 Å². The number of para-hydroxylation sites is 1. The number of aromatic nitrogens is 1. The minimum atomic E-state index is -0.819. The first-order chi connectivity index (χ1) is 14.1. The van der Waals surface area contributed by atoms with Gasteiger partial charge < -0.3 is 15.4 Å². The zero-order valence-electron chi connectivity index (χ0n) is 16.5. The maximum atomic E-state index is 13.7. The highest BCUT2D eigenvalue weighted by Crippen LogP contribution is 2.19. The Kier molecular flexibility index (Phi) is 7.16. The predicted octanol–water partition coefficient (Wildman–Crippen LogP) is 3.26. The van der Waals surface area contributed by atoms with Crippen molar-refractivity contribution in [3.63, 3.8) is 0 Å². The van der Waals surface area contributed by atoms with Gasteiger partial charge in [-0.1, -0.05) is 42.5 Å². The number of amides is 1. The molecule has 0 atom stereocenters. The lowest BCUT2D eigenvalue weighted by Gasteiger charge is -2.21. The average molecular weight is 395 g/mol. The maximum absolute atomic E-state index is 13.7. The van der Waals surface area contributed by atoms with Gasteiger partial charge in [-0.15, -0.1) is 0 Å². The number of H-pyrrole nitrogens is 1. The molecule has 3 rings (SSSR count). The van der Waals surface area contributed by atoms with Crippen LogP contribution in [0.1, 0.15) is 16.7 Å². The molecule has 0 saturated carbocycles. The average Bonchev–Trinajstić information content (AvgIpc) is 3.16. The third-order valence-electron chi connectivity index (χ3n) is 4.91. The van der Waals surface area contributed by atoms with Crippen molar-refractivity contribution in [2.45, 2.75) is 13.0 Å². The zero-order chi connectivity index (χ0) is 20.6. The number of benzene rings is 2. The van der Waals surface area contributed by atoms with Gasteiger partial charge in [0.25, 0.3) is 5.91 Å². The Labute approximate surface area is 169 Å². The van der Waals surface area contributed by atoms with E-state index in [2.05, 4.69) is 27.3 Å². The van der Waals surface area contributed by atoms with Crippen molar-refractivity contribution in [1.29, 1.82) is 0 Å². The summed E-state index contributed by atoms with van der Waals surface area (Å²) in [7, 11) is 1.39. The first-order valence-electron chi connectivity index (χ1n) is 9.67. The minimum absolute atomic E-state index is 0.0893. The molecule has 0 aliphatic carbocycles. The van der Waals surface area contributed by atoms with Crippen LogP contribution in [0.3, 0.4) is 0 Å². The van der Waals surface area contributed by atoms with Crippen LogP contribution in [0.25, 0.3) is 17.0 Å². The van der Waals surface area contributed by atoms with Gasteiger partial charge in [0.1, 0.15) is 0 Å². The molecule has 3 aromatic rings. The Morgan fingerprint density at radius 1 is 1.17 bits per heavy atom. The molecule has 0 aliphatic heterocycles. The molecule has 29 heavy (non-hydrogen) atoms. The molecule has 0 spiro atoms. The fraction of sp³-hybridized carbons (Fsp3) is 0.261. The number of rotatable bonds is 9. The lowest BCUT2D eigenvalue weighted by atomic mass is 10.1. The summed E-state index contributed by atoms with van der Waals surface area (Å²) in [6.45, 7) is 2.17. The van der Waals surface area contributed by atoms with Gasteiger partial charge in [0.05, 0.1) is 6.61 Å². The van der Waals surface area contributed by atoms with Crippen LogP contribution in [0, 0.1) is 0 Å². The van der Waals surface area contributed by atoms with Crippen LogP contribution in [0.5, 0.6) is 0 Å². The Morgan fingerprint density at radius 3 is 2.66 bits per heavy atom. The molecule has 0 saturated heterocycles. The number of hydrogen-bond donors (Lipinski definition) is 3. The van der Waals surface area contributed by atoms with Gasteiger partial charge in [0, 0.05) is 43.8 Å². The molecule has 1 aromatic heterocycles. The molecule has 0 radical (unpaired) electrons. The standard InChI is InChI=1S/C23H26FN3O2/c1-25-23(29)21(24)14-17-6-8-18(9-7-17)16-27(12-13-28)11-10-19-15-26-22-5-3-2-4-20(19)22/h2-9,14-15,26,28H,10-13,16H2,1H3,(H,25,29)/b21-14-. The van der Waals surface area contributed by atoms with Crippen LogP contribution >= 0.6 is 0 Å². The number of aliphatic hydroxyl groups is 1. The highest BCUT2D eigenvalue weighted by atomic mass is 19.1. The molecule has 152 valence electrons. The summed E-state index contributed by atoms with van der Waals surface area (Å²) in [5.74, 6) is -1.55. The monoisotopic (exact) mass is 395 g/mol. The van der Waals surface area contributed by atoms with Crippen molar-refractivity contribution < 1.29 is 14.3 Å². The van der Waals surface area contributed by atoms with Gasteiger partial charge in [-0.25, -0.2) is 4.39 Å². The molecular weight excluding hydrogens is 369 g/mol. The largest absolute Gasteiger partial charge is 0.395 e. The molecule has 6 heteroatoms. The number of nitrogens with one attached hydrogen (secondary N) is 2. The summed E-state index contributed by atoms with van der Waals surface area (Å²) < 4.78 is 13.7. The molecule has 3 N–H and O–H groups in total. The van der Waals surface area contributed by atoms with Crippen LogP contribution in [-0.2, 0) is 17.8 Å². The zero-order valence-corrected chi connectivity index (χ0v) is 16.5. The molecule has 1 amide bonds. The van der Waals surface area contributed by atoms with E-state index >= 15 is 0 Å². The van der Waals surface area contributed by atoms with Gasteiger partial charge >= 0.3 is 0 Å². The molecular formula is C23H26FN3O2. The number of carbonyl (C=O) groups is 1. The van der Waals surface area contributed by atoms with Crippen LogP contribution < -0.4 is 5.32 Å². The fourth-order valence-corrected chi connectivity index (χ4v) is 3.34. The summed E-state index contributed by atoms with van der Waals surface area (Å²) in [6, 6.07) is 15.6. The highest BCUT2D eigenvalue weighted by Gasteiger charge is 2.09. The SMILES string of the molecule is CNC(=O)/C(F)=C/c1ccc(CN(CCO)CCc2c[nH]c3ccccc23)cc1. The second-order valence-electron chi connectivity index (χ2n) is 6.92. The summed E-state index contributed by atoms with van der Waals surface area (Å²) in [4.78, 5) is 16.8. The third-order valence-corrected chi connectivity index (χ3v) is 4.91. The third kappa shape index (κ3) is 5.53. The number of aromatic amines is 1. The van der Waals surface area contributed by atoms with E-state index in [4.69, 9.17) is 0 Å². The van der Waals surface area contributed by atoms with E-state index in [1.165, 1.54) is 24.1 Å². The van der Waals surface area contributed by atoms with E-state index in [1.54, 1.807) is 12.1 Å². The first-order valence-corrected chi connectivity index (χ1v) is 9.67. The van der Waals surface area contributed by atoms with Crippen molar-refractivity contribution in [2.24, 2.45) is 0 Å². The van der Waals surface area contributed by atoms with Crippen molar-refractivity contribution in [3.8, 4) is 0 Å². The number of aliphatic hydroxyl groups excluding tert-OH is 1. The summed E-state index contributed by atoms with van der Waals surface area (Å²) in [6.07, 6.45) is 4.14. The van der Waals surface area contributed by atoms with Crippen molar-refractivity contribution in [1.82, 2.24) is 15.2 Å². The Balaban J connectivity index is 1.63. The van der Waals surface area contributed by atoms with Crippen LogP contribution in [0.4, 0.5) is 4.39 Å². The van der Waals surface area contributed by atoms with E-state index in [1.807, 2.05) is 30.5 Å². The highest BCUT2D eigenvalue weighted by molar-refractivity contribution is 5.95. The predicted molar refractivity (Wildman–Crippen MR) is 114 cm³/mol. The minimum Gasteiger partial charge on any atom is -0.395 e. The second kappa shape index (κ2) is 10.0. The Bertz CT molecular complexity index is 979. The number of nitrogens with zero attached hydrogens (tertiary/aromatic N) is 1. The molecule has 0 fully saturated rings. The van der Waals surface area contributed by atoms with Gasteiger partial charge in [-0.3, -0.25) is 9.69 Å². The number of likely N-dealkylation sites (N-methyl/N-ethyl adjacent to an activating group) is 1. The van der Waals surface area contributed by atoms with Crippen molar-refractivity contribution in [3.05, 3.63) is 77.2 Å². The summed E-state index contributed by atoms with van der Waals surface area (Å²) in [5.41, 5.74) is 4.08. The van der Waals surface area contributed by atoms with Gasteiger partial charge in [-0.2, -0.15) is 0 Å². The Morgan fingerprint density at radius 2 is 1.93 bits per heavy atom. The van der Waals surface area contributed by atoms with E-state index in [0.717, 1.165) is 24.0 Å². The Hall–Kier alpha value is -2.96. The van der Waals surface area contributed by atoms with E-state index in [0.29, 0.717) is 18.7 Å². The van der Waals surface area contributed by atoms with Crippen molar-refractivity contribution >= 4 is 22.9 Å². The molecule has 0 aliphatic rings. The van der Waals surface area contributed by atoms with E-state index in [-0.39, 0.29) is 6.61 Å². The van der Waals surface area contributed by atoms with Gasteiger partial charge in [0.2, 0.25) is 0 Å². The lowest BCUT2D eigenvalue weighted by Crippen LogP contribution is -2.28. The molecule has 0 bridgehead atoms. The van der Waals surface area contributed by atoms with Crippen LogP contribution in [0.2, 0.25) is 0 Å². The van der Waals surface area contributed by atoms with E-state index < -0.39 is 11.7 Å². The topological polar surface area (TPSA) is 68.4 Å². The van der Waals surface area contributed by atoms with Gasteiger partial charge in [-0.05, 0) is 35.3 Å². The first kappa shape index (κ1) is 20.8. The number of hydrogen-bond acceptors (Lipinski definition) is 3. The summed E-state index contributed by atoms with van der Waals surface area (Å²) in [5, 5.41) is 12.9. The fourth-order valence-electron chi connectivity index (χ4n) is 3.34. The number of halogens is 1. The van der Waals surface area contributed by atoms with E-state index in [9.17, 15) is 14.3 Å². The summed E-state index contributed by atoms with van der Waals surface area (Å²) >= 11 is 0. The molecule has 1 heterocycles. The molecule has 2 aromatic carbocycles. The van der Waals surface area contributed by atoms with Crippen molar-refractivity contribution in [2.75, 3.05) is 26.7 Å². The number of carbonyl (C=O) groups excluding carboxylic acids is 1. The molecule has 0 unspecified atom stereocenters. The quantitative estimate of drug-likeness (QED) is 0.487.